The zero-order valence-corrected chi connectivity index (χ0v) is 11.5. The van der Waals surface area contributed by atoms with Crippen LogP contribution in [0.25, 0.3) is 0 Å². The van der Waals surface area contributed by atoms with Crippen LogP contribution in [0.15, 0.2) is 42.6 Å². The summed E-state index contributed by atoms with van der Waals surface area (Å²) in [6.07, 6.45) is 1.25. The van der Waals surface area contributed by atoms with Crippen LogP contribution < -0.4 is 5.32 Å². The zero-order chi connectivity index (χ0) is 13.8. The number of para-hydroxylation sites is 1. The second-order valence-electron chi connectivity index (χ2n) is 5.01. The first-order valence-corrected chi connectivity index (χ1v) is 6.55. The van der Waals surface area contributed by atoms with Crippen molar-refractivity contribution in [3.05, 3.63) is 59.7 Å². The Hall–Kier alpha value is -1.90. The molecule has 1 aromatic carbocycles. The molecule has 1 N–H and O–H groups in total. The number of nitrogens with zero attached hydrogens (tertiary/aromatic N) is 1. The average molecular weight is 258 g/mol. The van der Waals surface area contributed by atoms with Gasteiger partial charge in [0.15, 0.2) is 0 Å². The van der Waals surface area contributed by atoms with Crippen LogP contribution in [-0.2, 0) is 0 Å². The molecule has 1 aromatic heterocycles. The van der Waals surface area contributed by atoms with E-state index in [4.69, 9.17) is 0 Å². The van der Waals surface area contributed by atoms with Crippen LogP contribution in [0.1, 0.15) is 44.0 Å². The number of hydrogen-bond acceptors (Lipinski definition) is 2. The van der Waals surface area contributed by atoms with E-state index in [1.165, 1.54) is 17.8 Å². The van der Waals surface area contributed by atoms with E-state index < -0.39 is 0 Å². The summed E-state index contributed by atoms with van der Waals surface area (Å²) in [5, 5.41) is 3.44. The molecule has 3 heteroatoms. The Bertz CT molecular complexity index is 535. The first kappa shape index (κ1) is 13.5. The molecule has 0 radical (unpaired) electrons. The lowest BCUT2D eigenvalue weighted by Gasteiger charge is -2.19. The molecule has 0 aliphatic carbocycles. The number of benzene rings is 1. The minimum atomic E-state index is -0.307. The summed E-state index contributed by atoms with van der Waals surface area (Å²) in [7, 11) is 0. The highest BCUT2D eigenvalue weighted by molar-refractivity contribution is 5.53. The Balaban J connectivity index is 2.19. The van der Waals surface area contributed by atoms with Gasteiger partial charge in [0.1, 0.15) is 5.82 Å². The van der Waals surface area contributed by atoms with Crippen molar-refractivity contribution in [3.8, 4) is 0 Å². The molecule has 19 heavy (non-hydrogen) atoms. The predicted molar refractivity (Wildman–Crippen MR) is 76.8 cm³/mol. The van der Waals surface area contributed by atoms with Gasteiger partial charge in [0, 0.05) is 5.69 Å². The molecule has 2 nitrogen and oxygen atoms in total. The molecule has 0 saturated heterocycles. The number of pyridine rings is 1. The van der Waals surface area contributed by atoms with Crippen molar-refractivity contribution in [1.82, 2.24) is 4.98 Å². The molecule has 0 saturated carbocycles. The topological polar surface area (TPSA) is 24.9 Å². The fourth-order valence-electron chi connectivity index (χ4n) is 2.08. The van der Waals surface area contributed by atoms with Gasteiger partial charge in [-0.25, -0.2) is 4.39 Å². The summed E-state index contributed by atoms with van der Waals surface area (Å²) in [4.78, 5) is 4.11. The SMILES string of the molecule is CC(C)c1ccccc1NC(C)c1ccc(F)cn1. The number of halogens is 1. The summed E-state index contributed by atoms with van der Waals surface area (Å²) < 4.78 is 12.9. The highest BCUT2D eigenvalue weighted by Gasteiger charge is 2.11. The summed E-state index contributed by atoms with van der Waals surface area (Å²) >= 11 is 0. The van der Waals surface area contributed by atoms with Gasteiger partial charge in [0.2, 0.25) is 0 Å². The summed E-state index contributed by atoms with van der Waals surface area (Å²) in [6.45, 7) is 6.36. The van der Waals surface area contributed by atoms with Crippen molar-refractivity contribution in [2.24, 2.45) is 0 Å². The lowest BCUT2D eigenvalue weighted by atomic mass is 10.0. The molecule has 1 unspecified atom stereocenters. The lowest BCUT2D eigenvalue weighted by molar-refractivity contribution is 0.617. The zero-order valence-electron chi connectivity index (χ0n) is 11.5. The second-order valence-corrected chi connectivity index (χ2v) is 5.01. The Morgan fingerprint density at radius 3 is 2.42 bits per heavy atom. The van der Waals surface area contributed by atoms with Crippen molar-refractivity contribution in [3.63, 3.8) is 0 Å². The molecule has 1 atom stereocenters. The monoisotopic (exact) mass is 258 g/mol. The van der Waals surface area contributed by atoms with Crippen molar-refractivity contribution >= 4 is 5.69 Å². The van der Waals surface area contributed by atoms with Gasteiger partial charge in [-0.3, -0.25) is 4.98 Å². The first-order valence-electron chi connectivity index (χ1n) is 6.55. The molecule has 0 bridgehead atoms. The van der Waals surface area contributed by atoms with Crippen LogP contribution in [0.4, 0.5) is 10.1 Å². The minimum absolute atomic E-state index is 0.0421. The molecule has 100 valence electrons. The maximum atomic E-state index is 12.9. The molecule has 0 amide bonds. The largest absolute Gasteiger partial charge is 0.377 e. The fraction of sp³-hybridized carbons (Fsp3) is 0.312. The van der Waals surface area contributed by atoms with Crippen LogP contribution in [-0.4, -0.2) is 4.98 Å². The normalized spacial score (nSPS) is 12.5. The van der Waals surface area contributed by atoms with Crippen molar-refractivity contribution < 1.29 is 4.39 Å². The second kappa shape index (κ2) is 5.83. The number of aromatic nitrogens is 1. The Kier molecular flexibility index (Phi) is 4.15. The Morgan fingerprint density at radius 1 is 1.05 bits per heavy atom. The third kappa shape index (κ3) is 3.31. The fourth-order valence-corrected chi connectivity index (χ4v) is 2.08. The molecule has 0 fully saturated rings. The standard InChI is InChI=1S/C16H19FN2/c1-11(2)14-6-4-5-7-16(14)19-12(3)15-9-8-13(17)10-18-15/h4-12,19H,1-3H3. The van der Waals surface area contributed by atoms with Crippen LogP contribution in [0.5, 0.6) is 0 Å². The van der Waals surface area contributed by atoms with Crippen molar-refractivity contribution in [2.45, 2.75) is 32.7 Å². The van der Waals surface area contributed by atoms with Crippen LogP contribution in [0, 0.1) is 5.82 Å². The Labute approximate surface area is 113 Å². The van der Waals surface area contributed by atoms with E-state index in [-0.39, 0.29) is 11.9 Å². The number of anilines is 1. The molecule has 0 aliphatic rings. The van der Waals surface area contributed by atoms with Gasteiger partial charge < -0.3 is 5.32 Å². The summed E-state index contributed by atoms with van der Waals surface area (Å²) in [5.74, 6) is 0.149. The van der Waals surface area contributed by atoms with Gasteiger partial charge in [-0.1, -0.05) is 32.0 Å². The molecule has 0 spiro atoms. The molecule has 2 rings (SSSR count). The van der Waals surface area contributed by atoms with E-state index in [1.807, 2.05) is 19.1 Å². The number of hydrogen-bond donors (Lipinski definition) is 1. The van der Waals surface area contributed by atoms with E-state index in [9.17, 15) is 4.39 Å². The van der Waals surface area contributed by atoms with Gasteiger partial charge in [-0.2, -0.15) is 0 Å². The van der Waals surface area contributed by atoms with Crippen molar-refractivity contribution in [1.29, 1.82) is 0 Å². The highest BCUT2D eigenvalue weighted by atomic mass is 19.1. The predicted octanol–water partition coefficient (Wildman–Crippen LogP) is 4.52. The molecule has 1 heterocycles. The van der Waals surface area contributed by atoms with E-state index in [0.717, 1.165) is 11.4 Å². The van der Waals surface area contributed by atoms with E-state index >= 15 is 0 Å². The Morgan fingerprint density at radius 2 is 1.79 bits per heavy atom. The molecule has 2 aromatic rings. The van der Waals surface area contributed by atoms with Gasteiger partial charge >= 0.3 is 0 Å². The van der Waals surface area contributed by atoms with Gasteiger partial charge in [-0.15, -0.1) is 0 Å². The first-order chi connectivity index (χ1) is 9.08. The van der Waals surface area contributed by atoms with E-state index in [0.29, 0.717) is 5.92 Å². The summed E-state index contributed by atoms with van der Waals surface area (Å²) in [5.41, 5.74) is 3.22. The third-order valence-corrected chi connectivity index (χ3v) is 3.15. The van der Waals surface area contributed by atoms with Crippen LogP contribution in [0.2, 0.25) is 0 Å². The van der Waals surface area contributed by atoms with Crippen LogP contribution >= 0.6 is 0 Å². The summed E-state index contributed by atoms with van der Waals surface area (Å²) in [6, 6.07) is 11.4. The maximum absolute atomic E-state index is 12.9. The lowest BCUT2D eigenvalue weighted by Crippen LogP contribution is -2.10. The third-order valence-electron chi connectivity index (χ3n) is 3.15. The van der Waals surface area contributed by atoms with Gasteiger partial charge in [0.25, 0.3) is 0 Å². The van der Waals surface area contributed by atoms with Crippen LogP contribution in [0.3, 0.4) is 0 Å². The molecular weight excluding hydrogens is 239 g/mol. The highest BCUT2D eigenvalue weighted by Crippen LogP contribution is 2.26. The molecule has 0 aliphatic heterocycles. The van der Waals surface area contributed by atoms with E-state index in [2.05, 4.69) is 36.3 Å². The number of rotatable bonds is 4. The quantitative estimate of drug-likeness (QED) is 0.872. The van der Waals surface area contributed by atoms with Gasteiger partial charge in [-0.05, 0) is 36.6 Å². The minimum Gasteiger partial charge on any atom is -0.377 e. The average Bonchev–Trinajstić information content (AvgIpc) is 2.39. The van der Waals surface area contributed by atoms with Crippen molar-refractivity contribution in [2.75, 3.05) is 5.32 Å². The smallest absolute Gasteiger partial charge is 0.141 e. The van der Waals surface area contributed by atoms with Gasteiger partial charge in [0.05, 0.1) is 17.9 Å². The van der Waals surface area contributed by atoms with E-state index in [1.54, 1.807) is 6.07 Å². The maximum Gasteiger partial charge on any atom is 0.141 e. The molecular formula is C16H19FN2. The number of nitrogens with one attached hydrogen (secondary N) is 1.